The van der Waals surface area contributed by atoms with Crippen LogP contribution in [-0.2, 0) is 14.3 Å². The van der Waals surface area contributed by atoms with Crippen molar-refractivity contribution < 1.29 is 19.1 Å². The first-order chi connectivity index (χ1) is 12.2. The summed E-state index contributed by atoms with van der Waals surface area (Å²) in [6, 6.07) is 1.52. The molecular weight excluding hydrogens is 352 g/mol. The number of ether oxygens (including phenoxy) is 1. The average Bonchev–Trinajstić information content (AvgIpc) is 3.16. The summed E-state index contributed by atoms with van der Waals surface area (Å²) >= 11 is 1.61. The molecule has 0 unspecified atom stereocenters. The summed E-state index contributed by atoms with van der Waals surface area (Å²) in [5.41, 5.74) is 2.49. The maximum Gasteiger partial charge on any atom is 0.330 e. The quantitative estimate of drug-likeness (QED) is 0.582. The van der Waals surface area contributed by atoms with Crippen LogP contribution in [-0.4, -0.2) is 50.4 Å². The zero-order chi connectivity index (χ0) is 19.2. The van der Waals surface area contributed by atoms with E-state index in [2.05, 4.69) is 18.4 Å². The predicted octanol–water partition coefficient (Wildman–Crippen LogP) is 2.87. The molecule has 2 fully saturated rings. The standard InChI is InChI=1S/C19H26N2O4S/c1-11(2)20-12(3)8-14(13(20)4)16(22)9-25-18(24)15-10-26-19(5)7-6-17(23)21(15)19/h8,11,15H,6-7,9-10H2,1-5H3/t15-,19+/m1/s1. The number of nitrogens with zero attached hydrogens (tertiary/aromatic N) is 2. The number of carbonyl (C=O) groups is 3. The largest absolute Gasteiger partial charge is 0.456 e. The number of esters is 1. The first kappa shape index (κ1) is 19.0. The van der Waals surface area contributed by atoms with Crippen molar-refractivity contribution >= 4 is 29.4 Å². The molecule has 2 aliphatic rings. The minimum atomic E-state index is -0.587. The van der Waals surface area contributed by atoms with Crippen molar-refractivity contribution in [3.63, 3.8) is 0 Å². The molecule has 0 spiro atoms. The molecule has 26 heavy (non-hydrogen) atoms. The van der Waals surface area contributed by atoms with E-state index >= 15 is 0 Å². The van der Waals surface area contributed by atoms with Crippen LogP contribution < -0.4 is 0 Å². The van der Waals surface area contributed by atoms with E-state index in [1.165, 1.54) is 0 Å². The maximum atomic E-state index is 12.6. The highest BCUT2D eigenvalue weighted by Crippen LogP contribution is 2.47. The first-order valence-corrected chi connectivity index (χ1v) is 9.98. The number of aromatic nitrogens is 1. The molecule has 0 bridgehead atoms. The van der Waals surface area contributed by atoms with Gasteiger partial charge in [0.25, 0.3) is 0 Å². The molecule has 7 heteroatoms. The molecule has 6 nitrogen and oxygen atoms in total. The van der Waals surface area contributed by atoms with Crippen LogP contribution >= 0.6 is 11.8 Å². The van der Waals surface area contributed by atoms with Gasteiger partial charge in [-0.1, -0.05) is 0 Å². The van der Waals surface area contributed by atoms with E-state index < -0.39 is 12.0 Å². The van der Waals surface area contributed by atoms with Crippen LogP contribution in [0.15, 0.2) is 6.07 Å². The molecule has 0 radical (unpaired) electrons. The highest BCUT2D eigenvalue weighted by atomic mass is 32.2. The van der Waals surface area contributed by atoms with Gasteiger partial charge in [0.15, 0.2) is 6.61 Å². The van der Waals surface area contributed by atoms with Gasteiger partial charge in [-0.15, -0.1) is 11.8 Å². The Morgan fingerprint density at radius 2 is 2.08 bits per heavy atom. The van der Waals surface area contributed by atoms with E-state index in [-0.39, 0.29) is 29.2 Å². The molecule has 0 saturated carbocycles. The van der Waals surface area contributed by atoms with Crippen molar-refractivity contribution in [3.05, 3.63) is 23.0 Å². The normalized spacial score (nSPS) is 25.1. The fourth-order valence-electron chi connectivity index (χ4n) is 4.16. The SMILES string of the molecule is Cc1cc(C(=O)COC(=O)[C@H]2CS[C@@]3(C)CCC(=O)N23)c(C)n1C(C)C. The summed E-state index contributed by atoms with van der Waals surface area (Å²) in [5.74, 6) is -0.176. The van der Waals surface area contributed by atoms with Gasteiger partial charge < -0.3 is 14.2 Å². The van der Waals surface area contributed by atoms with Crippen molar-refractivity contribution in [2.75, 3.05) is 12.4 Å². The van der Waals surface area contributed by atoms with Crippen molar-refractivity contribution in [3.8, 4) is 0 Å². The van der Waals surface area contributed by atoms with Gasteiger partial charge in [-0.05, 0) is 47.1 Å². The monoisotopic (exact) mass is 378 g/mol. The number of hydrogen-bond acceptors (Lipinski definition) is 5. The lowest BCUT2D eigenvalue weighted by atomic mass is 10.1. The maximum absolute atomic E-state index is 12.6. The summed E-state index contributed by atoms with van der Waals surface area (Å²) in [7, 11) is 0. The number of carbonyl (C=O) groups excluding carboxylic acids is 3. The van der Waals surface area contributed by atoms with Gasteiger partial charge in [0.05, 0.1) is 4.87 Å². The molecule has 2 saturated heterocycles. The fraction of sp³-hybridized carbons (Fsp3) is 0.632. The Morgan fingerprint density at radius 3 is 2.69 bits per heavy atom. The zero-order valence-electron chi connectivity index (χ0n) is 16.0. The van der Waals surface area contributed by atoms with Crippen LogP contribution in [0.5, 0.6) is 0 Å². The third-order valence-corrected chi connectivity index (χ3v) is 6.87. The Morgan fingerprint density at radius 1 is 1.38 bits per heavy atom. The molecule has 2 aliphatic heterocycles. The third-order valence-electron chi connectivity index (χ3n) is 5.36. The lowest BCUT2D eigenvalue weighted by Gasteiger charge is -2.29. The van der Waals surface area contributed by atoms with Crippen LogP contribution in [0.25, 0.3) is 0 Å². The van der Waals surface area contributed by atoms with Crippen LogP contribution in [0, 0.1) is 13.8 Å². The highest BCUT2D eigenvalue weighted by molar-refractivity contribution is 8.01. The topological polar surface area (TPSA) is 68.6 Å². The van der Waals surface area contributed by atoms with Crippen LogP contribution in [0.1, 0.15) is 61.4 Å². The van der Waals surface area contributed by atoms with Gasteiger partial charge in [-0.3, -0.25) is 9.59 Å². The Bertz CT molecular complexity index is 770. The van der Waals surface area contributed by atoms with Crippen LogP contribution in [0.2, 0.25) is 0 Å². The molecular formula is C19H26N2O4S. The molecule has 1 aromatic heterocycles. The molecule has 1 aromatic rings. The van der Waals surface area contributed by atoms with E-state index in [0.29, 0.717) is 17.7 Å². The second kappa shape index (κ2) is 6.76. The fourth-order valence-corrected chi connectivity index (χ4v) is 5.58. The van der Waals surface area contributed by atoms with Gasteiger partial charge in [0, 0.05) is 35.2 Å². The van der Waals surface area contributed by atoms with E-state index in [1.54, 1.807) is 16.7 Å². The number of aryl methyl sites for hydroxylation is 1. The minimum absolute atomic E-state index is 0.00810. The second-order valence-corrected chi connectivity index (χ2v) is 9.05. The Labute approximate surface area is 158 Å². The van der Waals surface area contributed by atoms with E-state index in [4.69, 9.17) is 4.74 Å². The molecule has 3 heterocycles. The van der Waals surface area contributed by atoms with Crippen molar-refractivity contribution in [1.29, 1.82) is 0 Å². The number of amides is 1. The second-order valence-electron chi connectivity index (χ2n) is 7.55. The Kier molecular flexibility index (Phi) is 4.94. The Balaban J connectivity index is 1.66. The van der Waals surface area contributed by atoms with E-state index in [0.717, 1.165) is 17.8 Å². The highest BCUT2D eigenvalue weighted by Gasteiger charge is 2.53. The molecule has 2 atom stereocenters. The summed E-state index contributed by atoms with van der Waals surface area (Å²) < 4.78 is 7.40. The van der Waals surface area contributed by atoms with Crippen molar-refractivity contribution in [2.24, 2.45) is 0 Å². The van der Waals surface area contributed by atoms with E-state index in [9.17, 15) is 14.4 Å². The summed E-state index contributed by atoms with van der Waals surface area (Å²) in [6.45, 7) is 9.70. The third kappa shape index (κ3) is 3.06. The first-order valence-electron chi connectivity index (χ1n) is 9.00. The average molecular weight is 378 g/mol. The predicted molar refractivity (Wildman–Crippen MR) is 100 cm³/mol. The summed E-state index contributed by atoms with van der Waals surface area (Å²) in [4.78, 5) is 38.5. The lowest BCUT2D eigenvalue weighted by Crippen LogP contribution is -2.46. The minimum Gasteiger partial charge on any atom is -0.456 e. The molecule has 0 aliphatic carbocycles. The smallest absolute Gasteiger partial charge is 0.330 e. The Hall–Kier alpha value is -1.76. The van der Waals surface area contributed by atoms with Gasteiger partial charge in [0.1, 0.15) is 6.04 Å². The number of hydrogen-bond donors (Lipinski definition) is 0. The number of fused-ring (bicyclic) bond motifs is 1. The molecule has 3 rings (SSSR count). The van der Waals surface area contributed by atoms with Crippen LogP contribution in [0.4, 0.5) is 0 Å². The number of thioether (sulfide) groups is 1. The molecule has 0 aromatic carbocycles. The molecule has 0 N–H and O–H groups in total. The van der Waals surface area contributed by atoms with Crippen molar-refractivity contribution in [1.82, 2.24) is 9.47 Å². The number of ketones is 1. The number of rotatable bonds is 5. The molecule has 142 valence electrons. The zero-order valence-corrected chi connectivity index (χ0v) is 16.8. The molecule has 1 amide bonds. The van der Waals surface area contributed by atoms with Gasteiger partial charge >= 0.3 is 5.97 Å². The van der Waals surface area contributed by atoms with Gasteiger partial charge in [-0.25, -0.2) is 4.79 Å². The lowest BCUT2D eigenvalue weighted by molar-refractivity contribution is -0.152. The van der Waals surface area contributed by atoms with Gasteiger partial charge in [-0.2, -0.15) is 0 Å². The summed E-state index contributed by atoms with van der Waals surface area (Å²) in [5, 5.41) is 0. The van der Waals surface area contributed by atoms with Gasteiger partial charge in [0.2, 0.25) is 11.7 Å². The van der Waals surface area contributed by atoms with Crippen LogP contribution in [0.3, 0.4) is 0 Å². The summed E-state index contributed by atoms with van der Waals surface area (Å²) in [6.07, 6.45) is 1.22. The number of Topliss-reactive ketones (excluding diaryl/α,β-unsaturated/α-hetero) is 1. The van der Waals surface area contributed by atoms with Crippen molar-refractivity contribution in [2.45, 2.75) is 64.4 Å². The van der Waals surface area contributed by atoms with E-state index in [1.807, 2.05) is 26.8 Å².